The molecule has 33 heavy (non-hydrogen) atoms. The van der Waals surface area contributed by atoms with Gasteiger partial charge in [-0.25, -0.2) is 9.37 Å². The predicted octanol–water partition coefficient (Wildman–Crippen LogP) is 3.76. The third-order valence-electron chi connectivity index (χ3n) is 6.16. The summed E-state index contributed by atoms with van der Waals surface area (Å²) in [6, 6.07) is 11.8. The average molecular weight is 445 g/mol. The molecule has 0 radical (unpaired) electrons. The standard InChI is InChI=1S/C25H24FN5O2/c1-14-9-19(15(2)28-21-5-4-8-27-23(21)32)22-20(10-14)24(33)30(3)25(29-22)31-12-16-6-7-18(26)11-17(16)13-31/h4-11,15,28H,12-13H2,1-3H3,(H,27,32)/t15-/m1/s1. The van der Waals surface area contributed by atoms with E-state index in [0.29, 0.717) is 35.6 Å². The van der Waals surface area contributed by atoms with Crippen LogP contribution < -0.4 is 21.3 Å². The molecule has 2 N–H and O–H groups in total. The number of rotatable bonds is 4. The quantitative estimate of drug-likeness (QED) is 0.500. The Morgan fingerprint density at radius 2 is 1.91 bits per heavy atom. The van der Waals surface area contributed by atoms with Gasteiger partial charge in [-0.2, -0.15) is 0 Å². The lowest BCUT2D eigenvalue weighted by Crippen LogP contribution is -2.28. The number of benzene rings is 2. The number of aryl methyl sites for hydroxylation is 1. The number of nitrogens with one attached hydrogen (secondary N) is 2. The first-order valence-electron chi connectivity index (χ1n) is 10.8. The minimum absolute atomic E-state index is 0.146. The number of H-pyrrole nitrogens is 1. The molecule has 0 bridgehead atoms. The topological polar surface area (TPSA) is 83.0 Å². The van der Waals surface area contributed by atoms with Gasteiger partial charge in [-0.1, -0.05) is 12.1 Å². The van der Waals surface area contributed by atoms with E-state index in [0.717, 1.165) is 22.3 Å². The second-order valence-corrected chi connectivity index (χ2v) is 8.57. The Balaban J connectivity index is 1.61. The van der Waals surface area contributed by atoms with Gasteiger partial charge in [0.1, 0.15) is 11.5 Å². The zero-order valence-corrected chi connectivity index (χ0v) is 18.6. The maximum atomic E-state index is 13.7. The molecule has 0 saturated heterocycles. The van der Waals surface area contributed by atoms with E-state index in [1.807, 2.05) is 30.9 Å². The first-order chi connectivity index (χ1) is 15.8. The lowest BCUT2D eigenvalue weighted by atomic mass is 10.0. The third kappa shape index (κ3) is 3.67. The van der Waals surface area contributed by atoms with Gasteiger partial charge in [0, 0.05) is 31.9 Å². The van der Waals surface area contributed by atoms with Crippen LogP contribution in [-0.2, 0) is 20.1 Å². The summed E-state index contributed by atoms with van der Waals surface area (Å²) in [6.45, 7) is 4.90. The molecule has 8 heteroatoms. The maximum absolute atomic E-state index is 13.7. The lowest BCUT2D eigenvalue weighted by Gasteiger charge is -2.22. The second kappa shape index (κ2) is 7.88. The summed E-state index contributed by atoms with van der Waals surface area (Å²) in [6.07, 6.45) is 1.58. The summed E-state index contributed by atoms with van der Waals surface area (Å²) in [7, 11) is 1.71. The van der Waals surface area contributed by atoms with E-state index in [1.165, 1.54) is 12.1 Å². The first kappa shape index (κ1) is 20.9. The van der Waals surface area contributed by atoms with Crippen LogP contribution in [0.4, 0.5) is 16.0 Å². The molecular formula is C25H24FN5O2. The third-order valence-corrected chi connectivity index (χ3v) is 6.16. The Labute approximate surface area is 189 Å². The van der Waals surface area contributed by atoms with Crippen LogP contribution in [0, 0.1) is 12.7 Å². The Morgan fingerprint density at radius 1 is 1.12 bits per heavy atom. The van der Waals surface area contributed by atoms with Crippen LogP contribution in [0.3, 0.4) is 0 Å². The Bertz CT molecular complexity index is 1510. The SMILES string of the molecule is Cc1cc([C@@H](C)Nc2ccc[nH]c2=O)c2nc(N3Cc4ccc(F)cc4C3)n(C)c(=O)c2c1. The molecule has 1 aliphatic rings. The molecule has 2 aromatic heterocycles. The number of hydrogen-bond acceptors (Lipinski definition) is 5. The minimum atomic E-state index is -0.274. The number of nitrogens with zero attached hydrogens (tertiary/aromatic N) is 3. The van der Waals surface area contributed by atoms with Crippen molar-refractivity contribution in [3.05, 3.63) is 97.4 Å². The number of aromatic nitrogens is 3. The summed E-state index contributed by atoms with van der Waals surface area (Å²) < 4.78 is 15.3. The fourth-order valence-electron chi connectivity index (χ4n) is 4.50. The molecular weight excluding hydrogens is 421 g/mol. The van der Waals surface area contributed by atoms with Gasteiger partial charge in [-0.05, 0) is 60.9 Å². The molecule has 0 aliphatic carbocycles. The normalized spacial score (nSPS) is 13.9. The van der Waals surface area contributed by atoms with Crippen molar-refractivity contribution in [3.8, 4) is 0 Å². The van der Waals surface area contributed by atoms with Crippen LogP contribution in [0.1, 0.15) is 35.2 Å². The number of fused-ring (bicyclic) bond motifs is 2. The minimum Gasteiger partial charge on any atom is -0.374 e. The van der Waals surface area contributed by atoms with Crippen LogP contribution >= 0.6 is 0 Å². The molecule has 0 amide bonds. The molecule has 2 aromatic carbocycles. The van der Waals surface area contributed by atoms with Crippen molar-refractivity contribution in [2.24, 2.45) is 7.05 Å². The molecule has 3 heterocycles. The molecule has 0 saturated carbocycles. The molecule has 1 atom stereocenters. The molecule has 168 valence electrons. The van der Waals surface area contributed by atoms with Crippen molar-refractivity contribution in [3.63, 3.8) is 0 Å². The summed E-state index contributed by atoms with van der Waals surface area (Å²) in [5, 5.41) is 3.76. The highest BCUT2D eigenvalue weighted by atomic mass is 19.1. The fraction of sp³-hybridized carbons (Fsp3) is 0.240. The van der Waals surface area contributed by atoms with Crippen molar-refractivity contribution in [1.82, 2.24) is 14.5 Å². The van der Waals surface area contributed by atoms with E-state index in [4.69, 9.17) is 4.98 Å². The number of anilines is 2. The van der Waals surface area contributed by atoms with Crippen LogP contribution in [0.25, 0.3) is 10.9 Å². The maximum Gasteiger partial charge on any atom is 0.271 e. The Hall–Kier alpha value is -3.94. The average Bonchev–Trinajstić information content (AvgIpc) is 3.20. The number of pyridine rings is 1. The van der Waals surface area contributed by atoms with Gasteiger partial charge in [-0.15, -0.1) is 0 Å². The molecule has 7 nitrogen and oxygen atoms in total. The van der Waals surface area contributed by atoms with E-state index in [2.05, 4.69) is 10.3 Å². The Morgan fingerprint density at radius 3 is 2.70 bits per heavy atom. The lowest BCUT2D eigenvalue weighted by molar-refractivity contribution is 0.626. The van der Waals surface area contributed by atoms with E-state index < -0.39 is 0 Å². The molecule has 0 fully saturated rings. The first-order valence-corrected chi connectivity index (χ1v) is 10.8. The van der Waals surface area contributed by atoms with E-state index in [9.17, 15) is 14.0 Å². The van der Waals surface area contributed by atoms with E-state index in [1.54, 1.807) is 36.0 Å². The van der Waals surface area contributed by atoms with Gasteiger partial charge in [0.15, 0.2) is 0 Å². The van der Waals surface area contributed by atoms with Crippen molar-refractivity contribution >= 4 is 22.5 Å². The summed E-state index contributed by atoms with van der Waals surface area (Å²) in [5.41, 5.74) is 4.35. The van der Waals surface area contributed by atoms with Crippen LogP contribution in [0.5, 0.6) is 0 Å². The van der Waals surface area contributed by atoms with Gasteiger partial charge in [0.2, 0.25) is 5.95 Å². The van der Waals surface area contributed by atoms with Gasteiger partial charge in [0.05, 0.1) is 16.9 Å². The highest BCUT2D eigenvalue weighted by Gasteiger charge is 2.25. The van der Waals surface area contributed by atoms with E-state index >= 15 is 0 Å². The van der Waals surface area contributed by atoms with E-state index in [-0.39, 0.29) is 23.0 Å². The summed E-state index contributed by atoms with van der Waals surface area (Å²) in [5.74, 6) is 0.253. The highest BCUT2D eigenvalue weighted by molar-refractivity contribution is 5.84. The second-order valence-electron chi connectivity index (χ2n) is 8.57. The Kier molecular flexibility index (Phi) is 5.00. The molecule has 0 unspecified atom stereocenters. The molecule has 1 aliphatic heterocycles. The zero-order valence-electron chi connectivity index (χ0n) is 18.6. The smallest absolute Gasteiger partial charge is 0.271 e. The molecule has 5 rings (SSSR count). The summed E-state index contributed by atoms with van der Waals surface area (Å²) in [4.78, 5) is 35.0. The van der Waals surface area contributed by atoms with Gasteiger partial charge >= 0.3 is 0 Å². The van der Waals surface area contributed by atoms with Crippen molar-refractivity contribution in [2.75, 3.05) is 10.2 Å². The van der Waals surface area contributed by atoms with Gasteiger partial charge < -0.3 is 15.2 Å². The number of aromatic amines is 1. The van der Waals surface area contributed by atoms with Gasteiger partial charge in [-0.3, -0.25) is 14.2 Å². The highest BCUT2D eigenvalue weighted by Crippen LogP contribution is 2.30. The molecule has 0 spiro atoms. The number of halogens is 1. The zero-order chi connectivity index (χ0) is 23.3. The summed E-state index contributed by atoms with van der Waals surface area (Å²) >= 11 is 0. The van der Waals surface area contributed by atoms with Gasteiger partial charge in [0.25, 0.3) is 11.1 Å². The number of hydrogen-bond donors (Lipinski definition) is 2. The van der Waals surface area contributed by atoms with Crippen LogP contribution in [0.15, 0.2) is 58.3 Å². The van der Waals surface area contributed by atoms with Crippen LogP contribution in [0.2, 0.25) is 0 Å². The van der Waals surface area contributed by atoms with Crippen LogP contribution in [-0.4, -0.2) is 14.5 Å². The monoisotopic (exact) mass is 445 g/mol. The van der Waals surface area contributed by atoms with Crippen molar-refractivity contribution in [1.29, 1.82) is 0 Å². The van der Waals surface area contributed by atoms with Crippen molar-refractivity contribution in [2.45, 2.75) is 33.0 Å². The molecule has 4 aromatic rings. The largest absolute Gasteiger partial charge is 0.374 e. The van der Waals surface area contributed by atoms with Crippen molar-refractivity contribution < 1.29 is 4.39 Å². The fourth-order valence-corrected chi connectivity index (χ4v) is 4.50. The predicted molar refractivity (Wildman–Crippen MR) is 127 cm³/mol.